The van der Waals surface area contributed by atoms with E-state index in [2.05, 4.69) is 14.6 Å². The third-order valence-electron chi connectivity index (χ3n) is 7.98. The van der Waals surface area contributed by atoms with E-state index in [4.69, 9.17) is 4.84 Å². The SMILES string of the molecule is O=C(Oc1cccc2c1c(-c1cccc(C(F)(F)F)c1)c(CN1CCN(c3cccc4[nH]ccc34)CC1)n2OC(=O)C(F)(F)F)C(F)(F)F. The zero-order valence-corrected chi connectivity index (χ0v) is 24.8. The van der Waals surface area contributed by atoms with Crippen LogP contribution in [0, 0.1) is 0 Å². The summed E-state index contributed by atoms with van der Waals surface area (Å²) in [6.45, 7) is 1.02. The van der Waals surface area contributed by atoms with Gasteiger partial charge in [-0.25, -0.2) is 9.59 Å². The van der Waals surface area contributed by atoms with Crippen molar-refractivity contribution in [3.8, 4) is 16.9 Å². The van der Waals surface area contributed by atoms with Gasteiger partial charge in [-0.05, 0) is 48.0 Å². The summed E-state index contributed by atoms with van der Waals surface area (Å²) in [5, 5.41) is 0.463. The lowest BCUT2D eigenvalue weighted by molar-refractivity contribution is -0.199. The predicted molar refractivity (Wildman–Crippen MR) is 157 cm³/mol. The number of alkyl halides is 9. The summed E-state index contributed by atoms with van der Waals surface area (Å²) in [7, 11) is 0. The molecule has 0 spiro atoms. The molecule has 0 atom stereocenters. The molecule has 49 heavy (non-hydrogen) atoms. The zero-order chi connectivity index (χ0) is 35.3. The average molecular weight is 699 g/mol. The van der Waals surface area contributed by atoms with Gasteiger partial charge < -0.3 is 19.5 Å². The maximum Gasteiger partial charge on any atom is 0.493 e. The van der Waals surface area contributed by atoms with E-state index in [0.29, 0.717) is 23.9 Å². The number of anilines is 1. The van der Waals surface area contributed by atoms with Gasteiger partial charge in [0.15, 0.2) is 0 Å². The highest BCUT2D eigenvalue weighted by Crippen LogP contribution is 2.43. The van der Waals surface area contributed by atoms with Gasteiger partial charge in [0, 0.05) is 61.1 Å². The molecular formula is C32H23F9N4O4. The summed E-state index contributed by atoms with van der Waals surface area (Å²) < 4.78 is 127. The Morgan fingerprint density at radius 1 is 0.776 bits per heavy atom. The fraction of sp³-hybridized carbons (Fsp3) is 0.250. The minimum Gasteiger partial charge on any atom is -0.419 e. The van der Waals surface area contributed by atoms with Crippen LogP contribution in [0.4, 0.5) is 45.2 Å². The van der Waals surface area contributed by atoms with Crippen LogP contribution in [-0.4, -0.2) is 65.1 Å². The van der Waals surface area contributed by atoms with Gasteiger partial charge in [0.2, 0.25) is 0 Å². The van der Waals surface area contributed by atoms with Gasteiger partial charge in [0.1, 0.15) is 5.75 Å². The van der Waals surface area contributed by atoms with Crippen LogP contribution in [0.5, 0.6) is 5.75 Å². The molecule has 3 aromatic carbocycles. The van der Waals surface area contributed by atoms with Crippen molar-refractivity contribution in [1.29, 1.82) is 0 Å². The summed E-state index contributed by atoms with van der Waals surface area (Å²) in [4.78, 5) is 35.7. The third-order valence-corrected chi connectivity index (χ3v) is 7.98. The second-order valence-corrected chi connectivity index (χ2v) is 11.1. The molecule has 0 bridgehead atoms. The van der Waals surface area contributed by atoms with Crippen molar-refractivity contribution in [2.75, 3.05) is 31.1 Å². The molecule has 0 aliphatic carbocycles. The Bertz CT molecular complexity index is 2040. The highest BCUT2D eigenvalue weighted by Gasteiger charge is 2.44. The lowest BCUT2D eigenvalue weighted by Crippen LogP contribution is -2.46. The van der Waals surface area contributed by atoms with Crippen molar-refractivity contribution < 1.29 is 58.7 Å². The number of piperazine rings is 1. The Morgan fingerprint density at radius 2 is 1.45 bits per heavy atom. The molecule has 258 valence electrons. The summed E-state index contributed by atoms with van der Waals surface area (Å²) in [5.41, 5.74) is -0.780. The number of benzene rings is 3. The predicted octanol–water partition coefficient (Wildman–Crippen LogP) is 7.12. The first-order valence-electron chi connectivity index (χ1n) is 14.5. The number of ether oxygens (including phenoxy) is 1. The van der Waals surface area contributed by atoms with E-state index in [0.717, 1.165) is 53.0 Å². The summed E-state index contributed by atoms with van der Waals surface area (Å²) >= 11 is 0. The van der Waals surface area contributed by atoms with E-state index < -0.39 is 52.7 Å². The van der Waals surface area contributed by atoms with Crippen molar-refractivity contribution in [2.45, 2.75) is 25.1 Å². The second-order valence-electron chi connectivity index (χ2n) is 11.1. The van der Waals surface area contributed by atoms with Crippen molar-refractivity contribution in [3.05, 3.63) is 84.2 Å². The van der Waals surface area contributed by atoms with E-state index in [9.17, 15) is 49.1 Å². The van der Waals surface area contributed by atoms with Crippen molar-refractivity contribution >= 4 is 39.4 Å². The molecule has 6 rings (SSSR count). The molecule has 1 N–H and O–H groups in total. The van der Waals surface area contributed by atoms with Crippen molar-refractivity contribution in [1.82, 2.24) is 14.6 Å². The Kier molecular flexibility index (Phi) is 8.50. The standard InChI is InChI=1S/C32H23F9N4O4/c33-30(34,35)19-5-1-4-18(16-19)26-24(17-43-12-14-44(15-13-43)22-7-2-6-21-20(22)10-11-42-21)45(49-29(47)32(39,40)41)23-8-3-9-25(27(23)26)48-28(46)31(36,37)38/h1-11,16,42H,12-15,17H2. The minimum atomic E-state index is -5.53. The smallest absolute Gasteiger partial charge is 0.419 e. The lowest BCUT2D eigenvalue weighted by atomic mass is 9.98. The number of aromatic nitrogens is 2. The summed E-state index contributed by atoms with van der Waals surface area (Å²) in [5.74, 6) is -6.23. The number of hydrogen-bond acceptors (Lipinski definition) is 6. The van der Waals surface area contributed by atoms with Gasteiger partial charge in [0.25, 0.3) is 0 Å². The van der Waals surface area contributed by atoms with Crippen LogP contribution in [0.1, 0.15) is 11.3 Å². The van der Waals surface area contributed by atoms with Crippen molar-refractivity contribution in [3.63, 3.8) is 0 Å². The number of fused-ring (bicyclic) bond motifs is 2. The monoisotopic (exact) mass is 698 g/mol. The van der Waals surface area contributed by atoms with Gasteiger partial charge in [-0.2, -0.15) is 44.2 Å². The number of esters is 1. The Labute approximate surface area is 270 Å². The molecule has 17 heteroatoms. The van der Waals surface area contributed by atoms with E-state index >= 15 is 0 Å². The van der Waals surface area contributed by atoms with Gasteiger partial charge in [-0.3, -0.25) is 4.90 Å². The molecule has 0 radical (unpaired) electrons. The summed E-state index contributed by atoms with van der Waals surface area (Å²) in [6.07, 6.45) is -14.1. The van der Waals surface area contributed by atoms with E-state index in [1.807, 2.05) is 24.3 Å². The fourth-order valence-corrected chi connectivity index (χ4v) is 5.82. The first kappa shape index (κ1) is 33.7. The first-order valence-corrected chi connectivity index (χ1v) is 14.5. The molecular weight excluding hydrogens is 675 g/mol. The normalized spacial score (nSPS) is 14.8. The number of halogens is 9. The van der Waals surface area contributed by atoms with Crippen LogP contribution in [0.3, 0.4) is 0 Å². The van der Waals surface area contributed by atoms with Gasteiger partial charge >= 0.3 is 30.5 Å². The largest absolute Gasteiger partial charge is 0.493 e. The Balaban J connectivity index is 1.48. The molecule has 5 aromatic rings. The first-order chi connectivity index (χ1) is 23.0. The number of carbonyl (C=O) groups excluding carboxylic acids is 2. The highest BCUT2D eigenvalue weighted by molar-refractivity contribution is 6.03. The number of nitrogens with zero attached hydrogens (tertiary/aromatic N) is 3. The van der Waals surface area contributed by atoms with Crippen molar-refractivity contribution in [2.24, 2.45) is 0 Å². The van der Waals surface area contributed by atoms with Gasteiger partial charge in [0.05, 0.1) is 22.2 Å². The van der Waals surface area contributed by atoms with Crippen LogP contribution in [0.15, 0.2) is 72.9 Å². The molecule has 0 unspecified atom stereocenters. The zero-order valence-electron chi connectivity index (χ0n) is 24.8. The van der Waals surface area contributed by atoms with Crippen LogP contribution in [0.2, 0.25) is 0 Å². The quantitative estimate of drug-likeness (QED) is 0.116. The van der Waals surface area contributed by atoms with Gasteiger partial charge in [-0.1, -0.05) is 24.3 Å². The third kappa shape index (κ3) is 6.75. The number of rotatable bonds is 6. The number of H-pyrrole nitrogens is 1. The van der Waals surface area contributed by atoms with Crippen LogP contribution in [0.25, 0.3) is 32.9 Å². The number of aromatic amines is 1. The maximum absolute atomic E-state index is 13.8. The van der Waals surface area contributed by atoms with Crippen LogP contribution >= 0.6 is 0 Å². The van der Waals surface area contributed by atoms with Crippen LogP contribution in [-0.2, 0) is 22.3 Å². The molecule has 0 saturated carbocycles. The molecule has 1 aliphatic heterocycles. The summed E-state index contributed by atoms with van der Waals surface area (Å²) in [6, 6.07) is 14.1. The van der Waals surface area contributed by atoms with Gasteiger partial charge in [-0.15, -0.1) is 0 Å². The molecule has 1 fully saturated rings. The number of hydrogen-bond donors (Lipinski definition) is 1. The highest BCUT2D eigenvalue weighted by atomic mass is 19.4. The number of nitrogens with one attached hydrogen (secondary N) is 1. The van der Waals surface area contributed by atoms with E-state index in [-0.39, 0.29) is 36.5 Å². The fourth-order valence-electron chi connectivity index (χ4n) is 5.82. The average Bonchev–Trinajstić information content (AvgIpc) is 3.64. The minimum absolute atomic E-state index is 0.271. The topological polar surface area (TPSA) is 79.8 Å². The molecule has 2 aromatic heterocycles. The lowest BCUT2D eigenvalue weighted by Gasteiger charge is -2.36. The Morgan fingerprint density at radius 3 is 2.12 bits per heavy atom. The number of carbonyl (C=O) groups is 2. The van der Waals surface area contributed by atoms with E-state index in [1.165, 1.54) is 0 Å². The van der Waals surface area contributed by atoms with E-state index in [1.54, 1.807) is 11.1 Å². The molecule has 1 aliphatic rings. The molecule has 0 amide bonds. The second kappa shape index (κ2) is 12.4. The maximum atomic E-state index is 13.8. The molecule has 1 saturated heterocycles. The van der Waals surface area contributed by atoms with Crippen LogP contribution < -0.4 is 14.5 Å². The molecule has 8 nitrogen and oxygen atoms in total. The molecule has 3 heterocycles. The Hall–Kier alpha value is -5.19.